The maximum absolute atomic E-state index is 12.4. The molecule has 0 saturated heterocycles. The van der Waals surface area contributed by atoms with Crippen molar-refractivity contribution in [3.8, 4) is 17.2 Å². The molecular formula is C23H26N4O3. The minimum atomic E-state index is -0.328. The van der Waals surface area contributed by atoms with Gasteiger partial charge >= 0.3 is 5.69 Å². The zero-order valence-electron chi connectivity index (χ0n) is 17.6. The summed E-state index contributed by atoms with van der Waals surface area (Å²) in [7, 11) is 3.16. The summed E-state index contributed by atoms with van der Waals surface area (Å²) in [5.41, 5.74) is 4.77. The largest absolute Gasteiger partial charge is 0.496 e. The molecule has 0 saturated carbocycles. The molecule has 3 aromatic rings. The van der Waals surface area contributed by atoms with E-state index in [0.717, 1.165) is 29.7 Å². The van der Waals surface area contributed by atoms with Crippen LogP contribution in [0.3, 0.4) is 0 Å². The van der Waals surface area contributed by atoms with Gasteiger partial charge in [-0.25, -0.2) is 4.79 Å². The van der Waals surface area contributed by atoms with E-state index in [1.807, 2.05) is 24.3 Å². The summed E-state index contributed by atoms with van der Waals surface area (Å²) in [4.78, 5) is 12.4. The van der Waals surface area contributed by atoms with Crippen molar-refractivity contribution in [2.75, 3.05) is 7.11 Å². The van der Waals surface area contributed by atoms with E-state index in [0.29, 0.717) is 11.4 Å². The molecule has 1 aliphatic rings. The highest BCUT2D eigenvalue weighted by molar-refractivity contribution is 5.67. The summed E-state index contributed by atoms with van der Waals surface area (Å²) in [5, 5.41) is 7.76. The molecular weight excluding hydrogens is 380 g/mol. The maximum Gasteiger partial charge on any atom is 0.368 e. The Morgan fingerprint density at radius 1 is 1.10 bits per heavy atom. The number of hydrogen-bond donors (Lipinski definition) is 0. The Morgan fingerprint density at radius 2 is 1.97 bits per heavy atom. The van der Waals surface area contributed by atoms with Gasteiger partial charge < -0.3 is 9.47 Å². The Kier molecular flexibility index (Phi) is 5.70. The van der Waals surface area contributed by atoms with Gasteiger partial charge in [0.25, 0.3) is 0 Å². The highest BCUT2D eigenvalue weighted by Gasteiger charge is 2.16. The van der Waals surface area contributed by atoms with Gasteiger partial charge in [-0.15, -0.1) is 0 Å². The van der Waals surface area contributed by atoms with E-state index in [-0.39, 0.29) is 12.3 Å². The Balaban J connectivity index is 1.61. The fourth-order valence-corrected chi connectivity index (χ4v) is 3.81. The number of benzene rings is 2. The van der Waals surface area contributed by atoms with Crippen molar-refractivity contribution in [1.29, 1.82) is 0 Å². The summed E-state index contributed by atoms with van der Waals surface area (Å²) in [5.74, 6) is 1.44. The van der Waals surface area contributed by atoms with Crippen molar-refractivity contribution in [3.05, 3.63) is 69.6 Å². The Morgan fingerprint density at radius 3 is 2.63 bits per heavy atom. The van der Waals surface area contributed by atoms with Crippen LogP contribution in [0.25, 0.3) is 11.3 Å². The number of hydrogen-bond acceptors (Lipinski definition) is 5. The summed E-state index contributed by atoms with van der Waals surface area (Å²) < 4.78 is 14.1. The van der Waals surface area contributed by atoms with Gasteiger partial charge in [0.05, 0.1) is 18.4 Å². The van der Waals surface area contributed by atoms with E-state index in [1.165, 1.54) is 33.3 Å². The number of rotatable bonds is 6. The fraction of sp³-hybridized carbons (Fsp3) is 0.348. The first kappa shape index (κ1) is 19.9. The molecule has 1 heterocycles. The van der Waals surface area contributed by atoms with E-state index >= 15 is 0 Å². The molecule has 30 heavy (non-hydrogen) atoms. The van der Waals surface area contributed by atoms with Crippen LogP contribution in [-0.4, -0.2) is 26.9 Å². The van der Waals surface area contributed by atoms with E-state index in [4.69, 9.17) is 9.47 Å². The van der Waals surface area contributed by atoms with Crippen LogP contribution in [0.4, 0.5) is 0 Å². The lowest BCUT2D eigenvalue weighted by molar-refractivity contribution is 0.294. The lowest BCUT2D eigenvalue weighted by atomic mass is 9.93. The molecule has 156 valence electrons. The molecule has 0 N–H and O–H groups in total. The van der Waals surface area contributed by atoms with Gasteiger partial charge in [0.1, 0.15) is 18.1 Å². The summed E-state index contributed by atoms with van der Waals surface area (Å²) >= 11 is 0. The van der Waals surface area contributed by atoms with Gasteiger partial charge in [-0.05, 0) is 84.0 Å². The van der Waals surface area contributed by atoms with Crippen molar-refractivity contribution >= 4 is 5.57 Å². The Hall–Kier alpha value is -3.35. The van der Waals surface area contributed by atoms with E-state index < -0.39 is 0 Å². The topological polar surface area (TPSA) is 71.2 Å². The predicted molar refractivity (Wildman–Crippen MR) is 115 cm³/mol. The standard InChI is InChI=1S/C23H26N4O3/c1-16-14-18(17-8-5-4-6-9-17)12-13-21(16)30-15-19-20(10-7-11-22(19)29-3)27-23(28)26(2)24-25-27/h7-8,10-14H,4-6,9,15H2,1-3H3. The molecule has 0 atom stereocenters. The quantitative estimate of drug-likeness (QED) is 0.622. The Bertz CT molecular complexity index is 1140. The molecule has 1 aromatic heterocycles. The average molecular weight is 406 g/mol. The van der Waals surface area contributed by atoms with Gasteiger partial charge in [-0.3, -0.25) is 0 Å². The van der Waals surface area contributed by atoms with Crippen molar-refractivity contribution in [3.63, 3.8) is 0 Å². The number of allylic oxidation sites excluding steroid dienone is 2. The van der Waals surface area contributed by atoms with Crippen molar-refractivity contribution in [1.82, 2.24) is 19.8 Å². The third-order valence-electron chi connectivity index (χ3n) is 5.49. The minimum Gasteiger partial charge on any atom is -0.496 e. The van der Waals surface area contributed by atoms with Crippen LogP contribution in [0.2, 0.25) is 0 Å². The smallest absolute Gasteiger partial charge is 0.368 e. The number of ether oxygens (including phenoxy) is 2. The lowest BCUT2D eigenvalue weighted by Crippen LogP contribution is -2.23. The third kappa shape index (κ3) is 3.87. The van der Waals surface area contributed by atoms with Crippen LogP contribution in [0.5, 0.6) is 11.5 Å². The molecule has 0 radical (unpaired) electrons. The molecule has 0 amide bonds. The predicted octanol–water partition coefficient (Wildman–Crippen LogP) is 3.82. The van der Waals surface area contributed by atoms with Gasteiger partial charge in [0.15, 0.2) is 0 Å². The van der Waals surface area contributed by atoms with Crippen LogP contribution < -0.4 is 15.2 Å². The first-order valence-electron chi connectivity index (χ1n) is 10.2. The molecule has 0 fully saturated rings. The molecule has 4 rings (SSSR count). The average Bonchev–Trinajstić information content (AvgIpc) is 3.11. The molecule has 0 unspecified atom stereocenters. The zero-order valence-corrected chi connectivity index (χ0v) is 17.6. The number of aryl methyl sites for hydroxylation is 2. The van der Waals surface area contributed by atoms with E-state index in [9.17, 15) is 4.79 Å². The second kappa shape index (κ2) is 8.57. The van der Waals surface area contributed by atoms with Gasteiger partial charge in [0, 0.05) is 7.05 Å². The van der Waals surface area contributed by atoms with Crippen molar-refractivity contribution in [2.24, 2.45) is 7.05 Å². The molecule has 0 aliphatic heterocycles. The van der Waals surface area contributed by atoms with E-state index in [2.05, 4.69) is 35.6 Å². The molecule has 2 aromatic carbocycles. The van der Waals surface area contributed by atoms with Crippen molar-refractivity contribution in [2.45, 2.75) is 39.2 Å². The molecule has 0 bridgehead atoms. The number of tetrazole rings is 1. The molecule has 1 aliphatic carbocycles. The molecule has 7 heteroatoms. The Labute approximate surface area is 175 Å². The summed E-state index contributed by atoms with van der Waals surface area (Å²) in [6.07, 6.45) is 7.17. The molecule has 0 spiro atoms. The zero-order chi connectivity index (χ0) is 21.1. The van der Waals surface area contributed by atoms with Crippen LogP contribution in [0.15, 0.2) is 47.3 Å². The molecule has 7 nitrogen and oxygen atoms in total. The van der Waals surface area contributed by atoms with Gasteiger partial charge in [-0.1, -0.05) is 18.2 Å². The maximum atomic E-state index is 12.4. The van der Waals surface area contributed by atoms with E-state index in [1.54, 1.807) is 14.2 Å². The second-order valence-electron chi connectivity index (χ2n) is 7.50. The van der Waals surface area contributed by atoms with Gasteiger partial charge in [0.2, 0.25) is 0 Å². The second-order valence-corrected chi connectivity index (χ2v) is 7.50. The number of nitrogens with zero attached hydrogens (tertiary/aromatic N) is 4. The van der Waals surface area contributed by atoms with Crippen molar-refractivity contribution < 1.29 is 9.47 Å². The van der Waals surface area contributed by atoms with Crippen LogP contribution in [-0.2, 0) is 13.7 Å². The van der Waals surface area contributed by atoms with Crippen LogP contribution in [0.1, 0.15) is 42.4 Å². The first-order valence-corrected chi connectivity index (χ1v) is 10.2. The lowest BCUT2D eigenvalue weighted by Gasteiger charge is -2.17. The fourth-order valence-electron chi connectivity index (χ4n) is 3.81. The van der Waals surface area contributed by atoms with Crippen LogP contribution >= 0.6 is 0 Å². The summed E-state index contributed by atoms with van der Waals surface area (Å²) in [6.45, 7) is 2.30. The highest BCUT2D eigenvalue weighted by atomic mass is 16.5. The SMILES string of the molecule is COc1cccc(-n2nnn(C)c2=O)c1COc1ccc(C2=CCCCC2)cc1C. The monoisotopic (exact) mass is 406 g/mol. The van der Waals surface area contributed by atoms with Gasteiger partial charge in [-0.2, -0.15) is 9.36 Å². The number of aromatic nitrogens is 4. The number of methoxy groups -OCH3 is 1. The minimum absolute atomic E-state index is 0.241. The summed E-state index contributed by atoms with van der Waals surface area (Å²) in [6, 6.07) is 11.8. The third-order valence-corrected chi connectivity index (χ3v) is 5.49. The first-order chi connectivity index (χ1) is 14.6. The normalized spacial score (nSPS) is 13.8. The highest BCUT2D eigenvalue weighted by Crippen LogP contribution is 2.31. The van der Waals surface area contributed by atoms with Crippen LogP contribution in [0, 0.1) is 6.92 Å².